The largest absolute Gasteiger partial charge is 0.466 e. The summed E-state index contributed by atoms with van der Waals surface area (Å²) in [5, 5.41) is 9.33. The molecular weight excluding hydrogens is 405 g/mol. The second-order valence-corrected chi connectivity index (χ2v) is 6.52. The van der Waals surface area contributed by atoms with E-state index in [4.69, 9.17) is 0 Å². The Morgan fingerprint density at radius 1 is 1.21 bits per heavy atom. The van der Waals surface area contributed by atoms with E-state index in [1.807, 2.05) is 0 Å². The molecule has 0 radical (unpaired) electrons. The van der Waals surface area contributed by atoms with Crippen LogP contribution in [-0.2, 0) is 20.5 Å². The van der Waals surface area contributed by atoms with Crippen molar-refractivity contribution >= 4 is 17.8 Å². The summed E-state index contributed by atoms with van der Waals surface area (Å²) in [6, 6.07) is -0.404. The Balaban J connectivity index is 2.33. The lowest BCUT2D eigenvalue weighted by atomic mass is 9.83. The summed E-state index contributed by atoms with van der Waals surface area (Å²) in [5.74, 6) is -5.86. The van der Waals surface area contributed by atoms with Gasteiger partial charge in [-0.25, -0.2) is 13.6 Å². The predicted molar refractivity (Wildman–Crippen MR) is 87.8 cm³/mol. The van der Waals surface area contributed by atoms with Crippen LogP contribution in [0.4, 0.5) is 26.7 Å². The number of Topliss-reactive ketones (excluding diaryl/α,β-unsaturated/α-hetero) is 1. The van der Waals surface area contributed by atoms with Crippen LogP contribution in [0.1, 0.15) is 43.4 Å². The third-order valence-corrected chi connectivity index (χ3v) is 4.66. The van der Waals surface area contributed by atoms with Gasteiger partial charge in [0, 0.05) is 12.5 Å². The van der Waals surface area contributed by atoms with Gasteiger partial charge >= 0.3 is 18.2 Å². The Morgan fingerprint density at radius 2 is 1.79 bits per heavy atom. The summed E-state index contributed by atoms with van der Waals surface area (Å²) in [5.41, 5.74) is -2.42. The van der Waals surface area contributed by atoms with Gasteiger partial charge in [-0.2, -0.15) is 13.2 Å². The average molecular weight is 423 g/mol. The van der Waals surface area contributed by atoms with Gasteiger partial charge in [-0.15, -0.1) is 0 Å². The molecule has 2 unspecified atom stereocenters. The summed E-state index contributed by atoms with van der Waals surface area (Å²) < 4.78 is 70.9. The molecule has 1 aliphatic heterocycles. The molecule has 1 aliphatic rings. The van der Waals surface area contributed by atoms with E-state index >= 15 is 0 Å². The Hall–Kier alpha value is -2.72. The smallest absolute Gasteiger partial charge is 0.422 e. The number of carbonyl (C=O) groups excluding carboxylic acids is 2. The van der Waals surface area contributed by atoms with E-state index in [0.717, 1.165) is 4.90 Å². The molecule has 2 rings (SSSR count). The van der Waals surface area contributed by atoms with Crippen LogP contribution < -0.4 is 0 Å². The van der Waals surface area contributed by atoms with Crippen LogP contribution in [0.2, 0.25) is 0 Å². The van der Waals surface area contributed by atoms with E-state index in [9.17, 15) is 41.4 Å². The summed E-state index contributed by atoms with van der Waals surface area (Å²) >= 11 is 0. The molecule has 1 aromatic rings. The Labute approximate surface area is 162 Å². The maximum atomic E-state index is 13.9. The number of likely N-dealkylation sites (tertiary alicyclic amines) is 1. The molecule has 0 aliphatic carbocycles. The minimum absolute atomic E-state index is 0.0621. The highest BCUT2D eigenvalue weighted by atomic mass is 19.4. The van der Waals surface area contributed by atoms with E-state index in [1.54, 1.807) is 6.92 Å². The third-order valence-electron chi connectivity index (χ3n) is 4.66. The van der Waals surface area contributed by atoms with Crippen LogP contribution in [0.5, 0.6) is 0 Å². The van der Waals surface area contributed by atoms with Gasteiger partial charge in [0.25, 0.3) is 0 Å². The number of benzene rings is 1. The molecule has 0 aromatic heterocycles. The zero-order chi connectivity index (χ0) is 21.9. The molecule has 1 heterocycles. The maximum Gasteiger partial charge on any atom is 0.422 e. The topological polar surface area (TPSA) is 83.9 Å². The van der Waals surface area contributed by atoms with Crippen molar-refractivity contribution in [1.82, 2.24) is 4.90 Å². The van der Waals surface area contributed by atoms with Crippen molar-refractivity contribution in [2.24, 2.45) is 5.92 Å². The molecule has 160 valence electrons. The number of piperidine rings is 1. The molecule has 1 fully saturated rings. The zero-order valence-corrected chi connectivity index (χ0v) is 15.3. The molecule has 1 aromatic carbocycles. The number of rotatable bonds is 5. The number of ether oxygens (including phenoxy) is 1. The number of hydrogen-bond acceptors (Lipinski definition) is 4. The van der Waals surface area contributed by atoms with E-state index in [-0.39, 0.29) is 31.6 Å². The predicted octanol–water partition coefficient (Wildman–Crippen LogP) is 3.94. The number of halogens is 5. The first-order valence-corrected chi connectivity index (χ1v) is 8.69. The van der Waals surface area contributed by atoms with Gasteiger partial charge < -0.3 is 14.7 Å². The number of amides is 1. The minimum Gasteiger partial charge on any atom is -0.466 e. The Kier molecular flexibility index (Phi) is 6.81. The lowest BCUT2D eigenvalue weighted by Crippen LogP contribution is -2.42. The Bertz CT molecular complexity index is 787. The highest BCUT2D eigenvalue weighted by molar-refractivity contribution is 5.96. The standard InChI is InChI=1S/C18H18F5NO5/c1-2-29-15(26)8-14(25)9-3-4-24(17(27)28)13(7-9)10-5-11(19)16(12(20)6-10)18(21,22)23/h5-6,9,13H,2-4,7-8H2,1H3,(H,27,28). The monoisotopic (exact) mass is 423 g/mol. The average Bonchev–Trinajstić information content (AvgIpc) is 2.59. The second-order valence-electron chi connectivity index (χ2n) is 6.52. The van der Waals surface area contributed by atoms with Crippen LogP contribution in [-0.4, -0.2) is 41.0 Å². The molecule has 0 bridgehead atoms. The quantitative estimate of drug-likeness (QED) is 0.441. The van der Waals surface area contributed by atoms with Crippen molar-refractivity contribution < 1.29 is 46.2 Å². The number of carboxylic acid groups (broad SMARTS) is 1. The number of esters is 1. The number of alkyl halides is 3. The molecule has 1 amide bonds. The third kappa shape index (κ3) is 5.21. The molecule has 2 atom stereocenters. The molecule has 29 heavy (non-hydrogen) atoms. The molecule has 1 N–H and O–H groups in total. The van der Waals surface area contributed by atoms with E-state index in [1.165, 1.54) is 0 Å². The van der Waals surface area contributed by atoms with Gasteiger partial charge in [-0.3, -0.25) is 9.59 Å². The molecule has 0 saturated carbocycles. The highest BCUT2D eigenvalue weighted by Crippen LogP contribution is 2.39. The van der Waals surface area contributed by atoms with E-state index < -0.39 is 59.6 Å². The highest BCUT2D eigenvalue weighted by Gasteiger charge is 2.40. The molecule has 6 nitrogen and oxygen atoms in total. The Morgan fingerprint density at radius 3 is 2.28 bits per heavy atom. The lowest BCUT2D eigenvalue weighted by molar-refractivity contribution is -0.147. The van der Waals surface area contributed by atoms with Gasteiger partial charge in [0.15, 0.2) is 0 Å². The SMILES string of the molecule is CCOC(=O)CC(=O)C1CCN(C(=O)O)C(c2cc(F)c(C(F)(F)F)c(F)c2)C1. The first-order valence-electron chi connectivity index (χ1n) is 8.69. The van der Waals surface area contributed by atoms with Crippen LogP contribution in [0.25, 0.3) is 0 Å². The van der Waals surface area contributed by atoms with Crippen LogP contribution >= 0.6 is 0 Å². The molecule has 0 spiro atoms. The number of nitrogens with zero attached hydrogens (tertiary/aromatic N) is 1. The fraction of sp³-hybridized carbons (Fsp3) is 0.500. The van der Waals surface area contributed by atoms with Crippen molar-refractivity contribution in [3.05, 3.63) is 34.9 Å². The zero-order valence-electron chi connectivity index (χ0n) is 15.3. The fourth-order valence-corrected chi connectivity index (χ4v) is 3.36. The molecular formula is C18H18F5NO5. The summed E-state index contributed by atoms with van der Waals surface area (Å²) in [7, 11) is 0. The summed E-state index contributed by atoms with van der Waals surface area (Å²) in [6.45, 7) is 1.43. The summed E-state index contributed by atoms with van der Waals surface area (Å²) in [6.07, 6.45) is -7.42. The number of hydrogen-bond donors (Lipinski definition) is 1. The van der Waals surface area contributed by atoms with Gasteiger partial charge in [0.05, 0.1) is 12.6 Å². The van der Waals surface area contributed by atoms with Crippen molar-refractivity contribution in [3.63, 3.8) is 0 Å². The van der Waals surface area contributed by atoms with Crippen molar-refractivity contribution in [1.29, 1.82) is 0 Å². The maximum absolute atomic E-state index is 13.9. The molecule has 11 heteroatoms. The van der Waals surface area contributed by atoms with Crippen LogP contribution in [0.3, 0.4) is 0 Å². The van der Waals surface area contributed by atoms with Gasteiger partial charge in [-0.05, 0) is 37.5 Å². The fourth-order valence-electron chi connectivity index (χ4n) is 3.36. The van der Waals surface area contributed by atoms with Crippen molar-refractivity contribution in [2.45, 2.75) is 38.4 Å². The van der Waals surface area contributed by atoms with Gasteiger partial charge in [0.2, 0.25) is 0 Å². The lowest BCUT2D eigenvalue weighted by Gasteiger charge is -2.37. The van der Waals surface area contributed by atoms with Gasteiger partial charge in [0.1, 0.15) is 29.4 Å². The molecule has 1 saturated heterocycles. The van der Waals surface area contributed by atoms with Crippen molar-refractivity contribution in [2.75, 3.05) is 13.2 Å². The van der Waals surface area contributed by atoms with Crippen LogP contribution in [0, 0.1) is 17.6 Å². The first kappa shape index (κ1) is 22.6. The van der Waals surface area contributed by atoms with E-state index in [0.29, 0.717) is 12.1 Å². The van der Waals surface area contributed by atoms with Crippen LogP contribution in [0.15, 0.2) is 12.1 Å². The van der Waals surface area contributed by atoms with Gasteiger partial charge in [-0.1, -0.05) is 0 Å². The van der Waals surface area contributed by atoms with E-state index in [2.05, 4.69) is 4.74 Å². The number of carbonyl (C=O) groups is 3. The number of ketones is 1. The summed E-state index contributed by atoms with van der Waals surface area (Å²) in [4.78, 5) is 36.1. The second kappa shape index (κ2) is 8.75. The van der Waals surface area contributed by atoms with Crippen molar-refractivity contribution in [3.8, 4) is 0 Å². The first-order chi connectivity index (χ1) is 13.5. The normalized spacial score (nSPS) is 19.7. The minimum atomic E-state index is -5.26.